The first-order chi connectivity index (χ1) is 17.8. The summed E-state index contributed by atoms with van der Waals surface area (Å²) in [6.07, 6.45) is 1.21. The smallest absolute Gasteiger partial charge is 0.310 e. The summed E-state index contributed by atoms with van der Waals surface area (Å²) in [6.45, 7) is 3.89. The number of aliphatic hydroxyl groups is 1. The molecule has 194 valence electrons. The van der Waals surface area contributed by atoms with E-state index >= 15 is 0 Å². The van der Waals surface area contributed by atoms with Crippen LogP contribution in [0, 0.1) is 11.8 Å². The molecule has 8 nitrogen and oxygen atoms in total. The van der Waals surface area contributed by atoms with E-state index in [2.05, 4.69) is 22.5 Å². The molecule has 37 heavy (non-hydrogen) atoms. The van der Waals surface area contributed by atoms with Gasteiger partial charge in [-0.1, -0.05) is 82.7 Å². The van der Waals surface area contributed by atoms with Crippen molar-refractivity contribution in [1.82, 2.24) is 9.80 Å². The molecule has 2 aromatic rings. The Hall–Kier alpha value is -3.01. The Balaban J connectivity index is 1.62. The van der Waals surface area contributed by atoms with Crippen molar-refractivity contribution >= 4 is 33.7 Å². The molecule has 3 aliphatic heterocycles. The number of hydrogen-bond acceptors (Lipinski definition) is 5. The van der Waals surface area contributed by atoms with Gasteiger partial charge in [0.15, 0.2) is 0 Å². The molecule has 0 aliphatic carbocycles. The Morgan fingerprint density at radius 3 is 2.43 bits per heavy atom. The third-order valence-electron chi connectivity index (χ3n) is 7.82. The summed E-state index contributed by atoms with van der Waals surface area (Å²) < 4.78 is 6.37. The second-order valence-electron chi connectivity index (χ2n) is 9.85. The molecule has 2 bridgehead atoms. The summed E-state index contributed by atoms with van der Waals surface area (Å²) in [5, 5.41) is 20.6. The number of carboxylic acid groups (broad SMARTS) is 1. The monoisotopic (exact) mass is 568 g/mol. The van der Waals surface area contributed by atoms with E-state index in [1.165, 1.54) is 4.90 Å². The Morgan fingerprint density at radius 2 is 1.84 bits per heavy atom. The van der Waals surface area contributed by atoms with E-state index in [9.17, 15) is 24.6 Å². The molecule has 3 saturated heterocycles. The first-order valence-electron chi connectivity index (χ1n) is 12.3. The van der Waals surface area contributed by atoms with Gasteiger partial charge in [-0.25, -0.2) is 0 Å². The number of likely N-dealkylation sites (tertiary alicyclic amines) is 1. The lowest BCUT2D eigenvalue weighted by atomic mass is 9.70. The average Bonchev–Trinajstić information content (AvgIpc) is 3.49. The summed E-state index contributed by atoms with van der Waals surface area (Å²) in [7, 11) is 0. The number of halogens is 1. The van der Waals surface area contributed by atoms with Crippen LogP contribution in [-0.4, -0.2) is 73.5 Å². The van der Waals surface area contributed by atoms with Crippen molar-refractivity contribution in [2.75, 3.05) is 13.2 Å². The predicted octanol–water partition coefficient (Wildman–Crippen LogP) is 2.77. The van der Waals surface area contributed by atoms with Crippen LogP contribution < -0.4 is 0 Å². The molecular weight excluding hydrogens is 540 g/mol. The van der Waals surface area contributed by atoms with E-state index in [0.29, 0.717) is 12.0 Å². The van der Waals surface area contributed by atoms with Crippen molar-refractivity contribution in [3.8, 4) is 0 Å². The van der Waals surface area contributed by atoms with E-state index in [0.717, 1.165) is 5.56 Å². The number of carbonyl (C=O) groups excluding carboxylic acids is 2. The summed E-state index contributed by atoms with van der Waals surface area (Å²) in [5.41, 5.74) is 0.236. The molecule has 5 rings (SSSR count). The van der Waals surface area contributed by atoms with Gasteiger partial charge in [0.25, 0.3) is 0 Å². The fourth-order valence-corrected chi connectivity index (χ4v) is 7.30. The van der Waals surface area contributed by atoms with Crippen molar-refractivity contribution in [2.45, 2.75) is 41.6 Å². The number of benzene rings is 2. The Kier molecular flexibility index (Phi) is 6.95. The molecule has 7 atom stereocenters. The lowest BCUT2D eigenvalue weighted by Crippen LogP contribution is -2.57. The minimum atomic E-state index is -1.33. The van der Waals surface area contributed by atoms with Gasteiger partial charge in [0.2, 0.25) is 11.8 Å². The number of fused-ring (bicyclic) bond motifs is 1. The third kappa shape index (κ3) is 4.09. The highest BCUT2D eigenvalue weighted by atomic mass is 79.9. The zero-order valence-electron chi connectivity index (χ0n) is 20.2. The van der Waals surface area contributed by atoms with Crippen LogP contribution in [0.2, 0.25) is 0 Å². The highest BCUT2D eigenvalue weighted by Gasteiger charge is 2.77. The molecule has 2 aromatic carbocycles. The van der Waals surface area contributed by atoms with Crippen molar-refractivity contribution in [3.05, 3.63) is 84.4 Å². The van der Waals surface area contributed by atoms with Gasteiger partial charge in [-0.2, -0.15) is 0 Å². The third-order valence-corrected chi connectivity index (χ3v) is 8.66. The average molecular weight is 569 g/mol. The molecule has 3 fully saturated rings. The maximum atomic E-state index is 14.4. The fraction of sp³-hybridized carbons (Fsp3) is 0.393. The highest BCUT2D eigenvalue weighted by Crippen LogP contribution is 2.61. The van der Waals surface area contributed by atoms with E-state index < -0.39 is 54.1 Å². The number of carbonyl (C=O) groups is 3. The van der Waals surface area contributed by atoms with Gasteiger partial charge in [-0.05, 0) is 17.5 Å². The van der Waals surface area contributed by atoms with E-state index in [1.807, 2.05) is 36.4 Å². The van der Waals surface area contributed by atoms with Crippen LogP contribution in [0.5, 0.6) is 0 Å². The number of nitrogens with zero attached hydrogens (tertiary/aromatic N) is 2. The zero-order valence-corrected chi connectivity index (χ0v) is 21.7. The van der Waals surface area contributed by atoms with E-state index in [4.69, 9.17) is 4.74 Å². The van der Waals surface area contributed by atoms with Gasteiger partial charge >= 0.3 is 5.97 Å². The molecule has 3 aliphatic rings. The Bertz CT molecular complexity index is 1190. The molecule has 2 amide bonds. The van der Waals surface area contributed by atoms with Crippen molar-refractivity contribution in [1.29, 1.82) is 0 Å². The highest BCUT2D eigenvalue weighted by molar-refractivity contribution is 9.09. The maximum Gasteiger partial charge on any atom is 0.310 e. The maximum absolute atomic E-state index is 14.4. The van der Waals surface area contributed by atoms with Gasteiger partial charge in [-0.15, -0.1) is 6.58 Å². The molecule has 0 saturated carbocycles. The SMILES string of the molecule is C=CCN(Cc1ccccc1)C(=O)C1N([C@H](CO)c2ccccc2)C(=O)[C@@H]2[C@H](C(=O)O)[C@H]3OC12CC3Br. The number of ether oxygens (including phenoxy) is 1. The van der Waals surface area contributed by atoms with Gasteiger partial charge in [0, 0.05) is 17.9 Å². The number of hydrogen-bond donors (Lipinski definition) is 2. The van der Waals surface area contributed by atoms with Gasteiger partial charge in [0.1, 0.15) is 11.6 Å². The lowest BCUT2D eigenvalue weighted by Gasteiger charge is -2.39. The fourth-order valence-electron chi connectivity index (χ4n) is 6.36. The van der Waals surface area contributed by atoms with Gasteiger partial charge in [0.05, 0.1) is 30.6 Å². The second-order valence-corrected chi connectivity index (χ2v) is 11.0. The summed E-state index contributed by atoms with van der Waals surface area (Å²) in [5.74, 6) is -4.09. The topological polar surface area (TPSA) is 107 Å². The standard InChI is InChI=1S/C28H29BrN2O6/c1-2-13-30(15-17-9-5-3-6-10-17)26(34)24-28-14-19(29)23(37-28)21(27(35)36)22(28)25(33)31(24)20(16-32)18-11-7-4-8-12-18/h2-12,19-24,32H,1,13-16H2,(H,35,36)/t19?,20-,21+,22+,23+,24?,28?/m1/s1. The molecule has 9 heteroatoms. The number of aliphatic hydroxyl groups excluding tert-OH is 1. The molecule has 3 heterocycles. The minimum absolute atomic E-state index is 0.228. The summed E-state index contributed by atoms with van der Waals surface area (Å²) >= 11 is 3.56. The van der Waals surface area contributed by atoms with E-state index in [1.54, 1.807) is 35.2 Å². The van der Waals surface area contributed by atoms with Crippen LogP contribution in [0.15, 0.2) is 73.3 Å². The van der Waals surface area contributed by atoms with Crippen LogP contribution in [0.4, 0.5) is 0 Å². The summed E-state index contributed by atoms with van der Waals surface area (Å²) in [4.78, 5) is 43.5. The number of amides is 2. The molecule has 2 N–H and O–H groups in total. The van der Waals surface area contributed by atoms with Crippen LogP contribution in [0.25, 0.3) is 0 Å². The molecule has 3 unspecified atom stereocenters. The molecular formula is C28H29BrN2O6. The Morgan fingerprint density at radius 1 is 1.19 bits per heavy atom. The first-order valence-corrected chi connectivity index (χ1v) is 13.2. The minimum Gasteiger partial charge on any atom is -0.481 e. The van der Waals surface area contributed by atoms with Crippen LogP contribution in [0.3, 0.4) is 0 Å². The largest absolute Gasteiger partial charge is 0.481 e. The lowest BCUT2D eigenvalue weighted by molar-refractivity contribution is -0.153. The number of carboxylic acids is 1. The predicted molar refractivity (Wildman–Crippen MR) is 139 cm³/mol. The van der Waals surface area contributed by atoms with E-state index in [-0.39, 0.29) is 23.8 Å². The second kappa shape index (κ2) is 10.0. The Labute approximate surface area is 223 Å². The van der Waals surface area contributed by atoms with Gasteiger partial charge < -0.3 is 24.7 Å². The van der Waals surface area contributed by atoms with Crippen LogP contribution >= 0.6 is 15.9 Å². The normalized spacial score (nSPS) is 30.7. The van der Waals surface area contributed by atoms with Gasteiger partial charge in [-0.3, -0.25) is 14.4 Å². The molecule has 0 radical (unpaired) electrons. The van der Waals surface area contributed by atoms with Crippen molar-refractivity contribution in [3.63, 3.8) is 0 Å². The van der Waals surface area contributed by atoms with Crippen LogP contribution in [-0.2, 0) is 25.7 Å². The van der Waals surface area contributed by atoms with Crippen molar-refractivity contribution < 1.29 is 29.3 Å². The number of aliphatic carboxylic acids is 1. The molecule has 0 aromatic heterocycles. The number of rotatable bonds is 9. The van der Waals surface area contributed by atoms with Crippen LogP contribution in [0.1, 0.15) is 23.6 Å². The number of alkyl halides is 1. The molecule has 1 spiro atoms. The van der Waals surface area contributed by atoms with Crippen molar-refractivity contribution in [2.24, 2.45) is 11.8 Å². The zero-order chi connectivity index (χ0) is 26.3. The quantitative estimate of drug-likeness (QED) is 0.356. The summed E-state index contributed by atoms with van der Waals surface area (Å²) in [6, 6.07) is 16.5. The first kappa shape index (κ1) is 25.6.